The number of nitrogens with one attached hydrogen (secondary N) is 2. The first-order valence-corrected chi connectivity index (χ1v) is 7.01. The molecule has 0 aliphatic carbocycles. The Kier molecular flexibility index (Phi) is 2.88. The molecule has 1 aromatic heterocycles. The Morgan fingerprint density at radius 1 is 1.32 bits per heavy atom. The van der Waals surface area contributed by atoms with Crippen molar-refractivity contribution in [2.75, 3.05) is 6.79 Å². The molecule has 0 spiro atoms. The Hall–Kier alpha value is -2.06. The van der Waals surface area contributed by atoms with Crippen LogP contribution in [0.4, 0.5) is 0 Å². The van der Waals surface area contributed by atoms with Gasteiger partial charge in [0.25, 0.3) is 0 Å². The summed E-state index contributed by atoms with van der Waals surface area (Å²) in [6.07, 6.45) is 3.19. The Morgan fingerprint density at radius 3 is 2.95 bits per heavy atom. The molecule has 0 saturated carbocycles. The van der Waals surface area contributed by atoms with Crippen molar-refractivity contribution < 1.29 is 17.9 Å². The largest absolute Gasteiger partial charge is 0.454 e. The van der Waals surface area contributed by atoms with Crippen LogP contribution in [0.3, 0.4) is 0 Å². The summed E-state index contributed by atoms with van der Waals surface area (Å²) in [4.78, 5) is 6.89. The first-order chi connectivity index (χ1) is 9.15. The number of H-pyrrole nitrogens is 1. The predicted octanol–water partition coefficient (Wildman–Crippen LogP) is 0.617. The highest BCUT2D eigenvalue weighted by Gasteiger charge is 2.20. The fraction of sp³-hybridized carbons (Fsp3) is 0.182. The lowest BCUT2D eigenvalue weighted by molar-refractivity contribution is 0.174. The van der Waals surface area contributed by atoms with Crippen LogP contribution in [0.5, 0.6) is 11.5 Å². The van der Waals surface area contributed by atoms with Gasteiger partial charge in [-0.25, -0.2) is 18.1 Å². The number of sulfonamides is 1. The lowest BCUT2D eigenvalue weighted by Crippen LogP contribution is -2.23. The van der Waals surface area contributed by atoms with Crippen LogP contribution in [0.25, 0.3) is 0 Å². The second-order valence-electron chi connectivity index (χ2n) is 3.88. The quantitative estimate of drug-likeness (QED) is 0.856. The molecule has 8 heteroatoms. The first-order valence-electron chi connectivity index (χ1n) is 5.53. The highest BCUT2D eigenvalue weighted by Crippen LogP contribution is 2.33. The molecular formula is C11H11N3O4S. The van der Waals surface area contributed by atoms with Crippen LogP contribution in [-0.4, -0.2) is 25.2 Å². The van der Waals surface area contributed by atoms with Gasteiger partial charge in [-0.05, 0) is 12.1 Å². The minimum Gasteiger partial charge on any atom is -0.454 e. The zero-order valence-electron chi connectivity index (χ0n) is 9.79. The fourth-order valence-corrected chi connectivity index (χ4v) is 2.69. The molecule has 1 aliphatic heterocycles. The lowest BCUT2D eigenvalue weighted by Gasteiger charge is -2.06. The van der Waals surface area contributed by atoms with E-state index in [9.17, 15) is 8.42 Å². The summed E-state index contributed by atoms with van der Waals surface area (Å²) in [7, 11) is -3.60. The van der Waals surface area contributed by atoms with E-state index in [4.69, 9.17) is 9.47 Å². The molecule has 0 fully saturated rings. The standard InChI is InChI=1S/C11H11N3O4S/c15-19(16,14-6-11-12-3-4-13-11)8-1-2-9-10(5-8)18-7-17-9/h1-5,14H,6-7H2,(H,12,13). The van der Waals surface area contributed by atoms with Crippen molar-refractivity contribution in [1.29, 1.82) is 0 Å². The maximum absolute atomic E-state index is 12.1. The van der Waals surface area contributed by atoms with E-state index >= 15 is 0 Å². The summed E-state index contributed by atoms with van der Waals surface area (Å²) in [6.45, 7) is 0.211. The molecule has 0 radical (unpaired) electrons. The van der Waals surface area contributed by atoms with Gasteiger partial charge in [0.1, 0.15) is 5.82 Å². The van der Waals surface area contributed by atoms with Gasteiger partial charge in [-0.2, -0.15) is 0 Å². The van der Waals surface area contributed by atoms with E-state index in [-0.39, 0.29) is 18.2 Å². The summed E-state index contributed by atoms with van der Waals surface area (Å²) >= 11 is 0. The molecule has 3 rings (SSSR count). The van der Waals surface area contributed by atoms with Crippen molar-refractivity contribution in [1.82, 2.24) is 14.7 Å². The molecule has 100 valence electrons. The third-order valence-electron chi connectivity index (χ3n) is 2.64. The van der Waals surface area contributed by atoms with Crippen molar-refractivity contribution in [2.24, 2.45) is 0 Å². The number of fused-ring (bicyclic) bond motifs is 1. The summed E-state index contributed by atoms with van der Waals surface area (Å²) < 4.78 is 36.9. The summed E-state index contributed by atoms with van der Waals surface area (Å²) in [5, 5.41) is 0. The van der Waals surface area contributed by atoms with Crippen molar-refractivity contribution in [3.05, 3.63) is 36.4 Å². The van der Waals surface area contributed by atoms with Gasteiger partial charge in [0, 0.05) is 18.5 Å². The zero-order valence-corrected chi connectivity index (χ0v) is 10.6. The van der Waals surface area contributed by atoms with Gasteiger partial charge in [-0.3, -0.25) is 0 Å². The van der Waals surface area contributed by atoms with Gasteiger partial charge in [-0.15, -0.1) is 0 Å². The number of benzene rings is 1. The van der Waals surface area contributed by atoms with Gasteiger partial charge in [-0.1, -0.05) is 0 Å². The van der Waals surface area contributed by atoms with E-state index in [1.807, 2.05) is 0 Å². The van der Waals surface area contributed by atoms with Crippen molar-refractivity contribution in [2.45, 2.75) is 11.4 Å². The summed E-state index contributed by atoms with van der Waals surface area (Å²) in [5.74, 6) is 1.52. The van der Waals surface area contributed by atoms with Crippen molar-refractivity contribution in [3.8, 4) is 11.5 Å². The first kappa shape index (κ1) is 12.0. The number of imidazole rings is 1. The van der Waals surface area contributed by atoms with Crippen LogP contribution < -0.4 is 14.2 Å². The van der Waals surface area contributed by atoms with Crippen LogP contribution >= 0.6 is 0 Å². The average Bonchev–Trinajstić information content (AvgIpc) is 3.06. The molecule has 2 heterocycles. The maximum Gasteiger partial charge on any atom is 0.241 e. The number of ether oxygens (including phenoxy) is 2. The van der Waals surface area contributed by atoms with Crippen LogP contribution in [0.15, 0.2) is 35.5 Å². The van der Waals surface area contributed by atoms with Crippen LogP contribution in [0.1, 0.15) is 5.82 Å². The minimum absolute atomic E-state index is 0.101. The Balaban J connectivity index is 1.80. The van der Waals surface area contributed by atoms with E-state index in [0.29, 0.717) is 17.3 Å². The van der Waals surface area contributed by atoms with Crippen LogP contribution in [0.2, 0.25) is 0 Å². The van der Waals surface area contributed by atoms with Crippen LogP contribution in [0, 0.1) is 0 Å². The molecule has 0 unspecified atom stereocenters. The van der Waals surface area contributed by atoms with Gasteiger partial charge >= 0.3 is 0 Å². The van der Waals surface area contributed by atoms with Crippen molar-refractivity contribution >= 4 is 10.0 Å². The Labute approximate surface area is 109 Å². The molecule has 2 N–H and O–H groups in total. The molecule has 1 aromatic carbocycles. The molecule has 0 saturated heterocycles. The molecule has 0 atom stereocenters. The molecule has 1 aliphatic rings. The number of hydrogen-bond acceptors (Lipinski definition) is 5. The SMILES string of the molecule is O=S(=O)(NCc1ncc[nH]1)c1ccc2c(c1)OCO2. The molecule has 0 amide bonds. The van der Waals surface area contributed by atoms with Gasteiger partial charge in [0.05, 0.1) is 11.4 Å². The van der Waals surface area contributed by atoms with Crippen LogP contribution in [-0.2, 0) is 16.6 Å². The summed E-state index contributed by atoms with van der Waals surface area (Å²) in [5.41, 5.74) is 0. The third-order valence-corrected chi connectivity index (χ3v) is 4.04. The normalized spacial score (nSPS) is 13.7. The minimum atomic E-state index is -3.60. The van der Waals surface area contributed by atoms with E-state index in [0.717, 1.165) is 0 Å². The van der Waals surface area contributed by atoms with Gasteiger partial charge in [0.15, 0.2) is 11.5 Å². The molecule has 0 bridgehead atoms. The third kappa shape index (κ3) is 2.40. The molecule has 19 heavy (non-hydrogen) atoms. The number of aromatic nitrogens is 2. The topological polar surface area (TPSA) is 93.3 Å². The second-order valence-corrected chi connectivity index (χ2v) is 5.64. The van der Waals surface area contributed by atoms with E-state index < -0.39 is 10.0 Å². The molecule has 7 nitrogen and oxygen atoms in total. The number of aromatic amines is 1. The molecular weight excluding hydrogens is 270 g/mol. The van der Waals surface area contributed by atoms with Crippen molar-refractivity contribution in [3.63, 3.8) is 0 Å². The second kappa shape index (κ2) is 4.56. The van der Waals surface area contributed by atoms with Gasteiger partial charge in [0.2, 0.25) is 16.8 Å². The predicted molar refractivity (Wildman–Crippen MR) is 65.2 cm³/mol. The Bertz CT molecular complexity index is 682. The summed E-state index contributed by atoms with van der Waals surface area (Å²) in [6, 6.07) is 4.48. The number of nitrogens with zero attached hydrogens (tertiary/aromatic N) is 1. The highest BCUT2D eigenvalue weighted by molar-refractivity contribution is 7.89. The zero-order chi connectivity index (χ0) is 13.3. The average molecular weight is 281 g/mol. The lowest BCUT2D eigenvalue weighted by atomic mass is 10.3. The monoisotopic (exact) mass is 281 g/mol. The number of rotatable bonds is 4. The molecule has 2 aromatic rings. The van der Waals surface area contributed by atoms with E-state index in [1.54, 1.807) is 18.5 Å². The maximum atomic E-state index is 12.1. The highest BCUT2D eigenvalue weighted by atomic mass is 32.2. The smallest absolute Gasteiger partial charge is 0.241 e. The van der Waals surface area contributed by atoms with Gasteiger partial charge < -0.3 is 14.5 Å². The number of hydrogen-bond donors (Lipinski definition) is 2. The van der Waals surface area contributed by atoms with E-state index in [1.165, 1.54) is 12.1 Å². The Morgan fingerprint density at radius 2 is 2.16 bits per heavy atom. The van der Waals surface area contributed by atoms with E-state index in [2.05, 4.69) is 14.7 Å². The fourth-order valence-electron chi connectivity index (χ4n) is 1.69.